The Kier molecular flexibility index (Phi) is 8.06. The van der Waals surface area contributed by atoms with Gasteiger partial charge in [-0.25, -0.2) is 0 Å². The Labute approximate surface area is 175 Å². The van der Waals surface area contributed by atoms with Crippen molar-refractivity contribution in [3.05, 3.63) is 30.3 Å². The zero-order valence-corrected chi connectivity index (χ0v) is 18.6. The van der Waals surface area contributed by atoms with Crippen molar-refractivity contribution < 1.29 is 0 Å². The number of hydrogen-bond donors (Lipinski definition) is 2. The van der Waals surface area contributed by atoms with Gasteiger partial charge in [0, 0.05) is 55.0 Å². The zero-order chi connectivity index (χ0) is 19.8. The first-order valence-corrected chi connectivity index (χ1v) is 11.7. The third kappa shape index (κ3) is 6.39. The van der Waals surface area contributed by atoms with Gasteiger partial charge >= 0.3 is 0 Å². The molecule has 3 rings (SSSR count). The Bertz CT molecular complexity index is 609. The highest BCUT2D eigenvalue weighted by Crippen LogP contribution is 2.51. The predicted molar refractivity (Wildman–Crippen MR) is 121 cm³/mol. The van der Waals surface area contributed by atoms with Gasteiger partial charge in [-0.15, -0.1) is 11.8 Å². The number of piperazine rings is 1. The molecule has 1 atom stereocenters. The molecule has 28 heavy (non-hydrogen) atoms. The fourth-order valence-corrected chi connectivity index (χ4v) is 4.86. The number of nitrogens with zero attached hydrogens (tertiary/aromatic N) is 3. The molecular weight excluding hydrogens is 366 g/mol. The summed E-state index contributed by atoms with van der Waals surface area (Å²) < 4.78 is 0.297. The number of likely N-dealkylation sites (N-methyl/N-ethyl adjacent to an activating group) is 1. The summed E-state index contributed by atoms with van der Waals surface area (Å²) in [4.78, 5) is 11.4. The molecule has 2 N–H and O–H groups in total. The zero-order valence-electron chi connectivity index (χ0n) is 17.8. The summed E-state index contributed by atoms with van der Waals surface area (Å²) in [6.07, 6.45) is 2.52. The SMILES string of the molecule is CCNC(=NCC1(Sc2ccccc2)CC1)NCC(C)N1CCN(CC)CC1. The number of hydrogen-bond acceptors (Lipinski definition) is 4. The van der Waals surface area contributed by atoms with Gasteiger partial charge in [0.05, 0.1) is 6.54 Å². The molecule has 1 aliphatic heterocycles. The van der Waals surface area contributed by atoms with E-state index >= 15 is 0 Å². The van der Waals surface area contributed by atoms with E-state index in [4.69, 9.17) is 4.99 Å². The van der Waals surface area contributed by atoms with Gasteiger partial charge in [0.25, 0.3) is 0 Å². The van der Waals surface area contributed by atoms with Crippen LogP contribution in [0.3, 0.4) is 0 Å². The monoisotopic (exact) mass is 403 g/mol. The summed E-state index contributed by atoms with van der Waals surface area (Å²) >= 11 is 1.99. The van der Waals surface area contributed by atoms with Crippen molar-refractivity contribution in [2.24, 2.45) is 4.99 Å². The van der Waals surface area contributed by atoms with Crippen LogP contribution in [0.2, 0.25) is 0 Å². The molecule has 6 heteroatoms. The van der Waals surface area contributed by atoms with Gasteiger partial charge < -0.3 is 15.5 Å². The van der Waals surface area contributed by atoms with Crippen LogP contribution in [-0.4, -0.2) is 78.9 Å². The fraction of sp³-hybridized carbons (Fsp3) is 0.682. The van der Waals surface area contributed by atoms with Gasteiger partial charge in [-0.1, -0.05) is 25.1 Å². The molecule has 0 spiro atoms. The molecule has 156 valence electrons. The van der Waals surface area contributed by atoms with Crippen molar-refractivity contribution in [1.82, 2.24) is 20.4 Å². The molecule has 1 aromatic carbocycles. The Balaban J connectivity index is 1.47. The minimum atomic E-state index is 0.297. The Morgan fingerprint density at radius 1 is 1.11 bits per heavy atom. The topological polar surface area (TPSA) is 42.9 Å². The van der Waals surface area contributed by atoms with Crippen LogP contribution >= 0.6 is 11.8 Å². The van der Waals surface area contributed by atoms with E-state index in [1.807, 2.05) is 11.8 Å². The maximum atomic E-state index is 4.93. The average Bonchev–Trinajstić information content (AvgIpc) is 3.50. The highest BCUT2D eigenvalue weighted by Gasteiger charge is 2.43. The quantitative estimate of drug-likeness (QED) is 0.490. The van der Waals surface area contributed by atoms with Crippen molar-refractivity contribution in [2.45, 2.75) is 49.3 Å². The van der Waals surface area contributed by atoms with E-state index in [2.05, 4.69) is 71.5 Å². The van der Waals surface area contributed by atoms with Crippen molar-refractivity contribution in [2.75, 3.05) is 52.4 Å². The maximum absolute atomic E-state index is 4.93. The lowest BCUT2D eigenvalue weighted by molar-refractivity contribution is 0.107. The lowest BCUT2D eigenvalue weighted by Crippen LogP contribution is -2.53. The molecule has 1 aromatic rings. The van der Waals surface area contributed by atoms with Gasteiger partial charge in [0.2, 0.25) is 0 Å². The van der Waals surface area contributed by atoms with Crippen LogP contribution in [0, 0.1) is 0 Å². The van der Waals surface area contributed by atoms with E-state index < -0.39 is 0 Å². The summed E-state index contributed by atoms with van der Waals surface area (Å²) in [5.41, 5.74) is 0. The first-order valence-electron chi connectivity index (χ1n) is 10.9. The molecule has 0 bridgehead atoms. The first-order chi connectivity index (χ1) is 13.6. The summed E-state index contributed by atoms with van der Waals surface area (Å²) in [6, 6.07) is 11.3. The first kappa shape index (κ1) is 21.5. The van der Waals surface area contributed by atoms with E-state index in [1.54, 1.807) is 0 Å². The van der Waals surface area contributed by atoms with Gasteiger partial charge in [0.15, 0.2) is 5.96 Å². The number of guanidine groups is 1. The minimum absolute atomic E-state index is 0.297. The van der Waals surface area contributed by atoms with Crippen LogP contribution in [0.25, 0.3) is 0 Å². The van der Waals surface area contributed by atoms with Crippen LogP contribution in [0.4, 0.5) is 0 Å². The van der Waals surface area contributed by atoms with Gasteiger partial charge in [0.1, 0.15) is 0 Å². The van der Waals surface area contributed by atoms with Crippen molar-refractivity contribution in [1.29, 1.82) is 0 Å². The molecule has 1 unspecified atom stereocenters. The van der Waals surface area contributed by atoms with Crippen molar-refractivity contribution >= 4 is 17.7 Å². The van der Waals surface area contributed by atoms with E-state index in [0.29, 0.717) is 10.8 Å². The molecule has 1 saturated carbocycles. The molecule has 2 aliphatic rings. The standard InChI is InChI=1S/C22H37N5S/c1-4-23-21(24-17-19(3)27-15-13-26(5-2)14-16-27)25-18-22(11-12-22)28-20-9-7-6-8-10-20/h6-10,19H,4-5,11-18H2,1-3H3,(H2,23,24,25). The molecule has 1 saturated heterocycles. The van der Waals surface area contributed by atoms with Crippen LogP contribution in [0.5, 0.6) is 0 Å². The van der Waals surface area contributed by atoms with Gasteiger partial charge in [-0.2, -0.15) is 0 Å². The number of thioether (sulfide) groups is 1. The number of aliphatic imine (C=N–C) groups is 1. The van der Waals surface area contributed by atoms with E-state index in [1.165, 1.54) is 50.5 Å². The second-order valence-corrected chi connectivity index (χ2v) is 9.53. The largest absolute Gasteiger partial charge is 0.357 e. The Morgan fingerprint density at radius 2 is 1.82 bits per heavy atom. The summed E-state index contributed by atoms with van der Waals surface area (Å²) in [5, 5.41) is 7.01. The highest BCUT2D eigenvalue weighted by atomic mass is 32.2. The van der Waals surface area contributed by atoms with Crippen molar-refractivity contribution in [3.8, 4) is 0 Å². The summed E-state index contributed by atoms with van der Waals surface area (Å²) in [5.74, 6) is 0.960. The second kappa shape index (κ2) is 10.5. The Hall–Kier alpha value is -1.24. The number of rotatable bonds is 9. The molecule has 2 fully saturated rings. The smallest absolute Gasteiger partial charge is 0.191 e. The molecular formula is C22H37N5S. The van der Waals surface area contributed by atoms with Crippen LogP contribution in [-0.2, 0) is 0 Å². The minimum Gasteiger partial charge on any atom is -0.357 e. The second-order valence-electron chi connectivity index (χ2n) is 7.99. The maximum Gasteiger partial charge on any atom is 0.191 e. The number of nitrogens with one attached hydrogen (secondary N) is 2. The lowest BCUT2D eigenvalue weighted by Gasteiger charge is -2.37. The van der Waals surface area contributed by atoms with Crippen LogP contribution < -0.4 is 10.6 Å². The third-order valence-electron chi connectivity index (χ3n) is 5.80. The highest BCUT2D eigenvalue weighted by molar-refractivity contribution is 8.01. The van der Waals surface area contributed by atoms with Gasteiger partial charge in [-0.3, -0.25) is 9.89 Å². The predicted octanol–water partition coefficient (Wildman–Crippen LogP) is 2.89. The van der Waals surface area contributed by atoms with Gasteiger partial charge in [-0.05, 0) is 45.4 Å². The van der Waals surface area contributed by atoms with Crippen LogP contribution in [0.1, 0.15) is 33.6 Å². The summed E-state index contributed by atoms with van der Waals surface area (Å²) in [6.45, 7) is 15.3. The number of benzene rings is 1. The van der Waals surface area contributed by atoms with E-state index in [0.717, 1.165) is 25.6 Å². The summed E-state index contributed by atoms with van der Waals surface area (Å²) in [7, 11) is 0. The molecule has 1 heterocycles. The fourth-order valence-electron chi connectivity index (χ4n) is 3.63. The normalized spacial score (nSPS) is 21.3. The average molecular weight is 404 g/mol. The molecule has 0 radical (unpaired) electrons. The molecule has 0 aromatic heterocycles. The van der Waals surface area contributed by atoms with Crippen LogP contribution in [0.15, 0.2) is 40.2 Å². The van der Waals surface area contributed by atoms with Crippen molar-refractivity contribution in [3.63, 3.8) is 0 Å². The lowest BCUT2D eigenvalue weighted by atomic mass is 10.2. The van der Waals surface area contributed by atoms with E-state index in [9.17, 15) is 0 Å². The molecule has 0 amide bonds. The Morgan fingerprint density at radius 3 is 2.43 bits per heavy atom. The third-order valence-corrected chi connectivity index (χ3v) is 7.28. The molecule has 5 nitrogen and oxygen atoms in total. The molecule has 1 aliphatic carbocycles. The van der Waals surface area contributed by atoms with E-state index in [-0.39, 0.29) is 0 Å².